The van der Waals surface area contributed by atoms with Crippen LogP contribution in [0.1, 0.15) is 33.0 Å². The number of rotatable bonds is 6. The normalized spacial score (nSPS) is 14.7. The molecular weight excluding hydrogens is 376 g/mol. The van der Waals surface area contributed by atoms with Gasteiger partial charge in [-0.3, -0.25) is 14.7 Å². The molecule has 0 unspecified atom stereocenters. The van der Waals surface area contributed by atoms with Crippen molar-refractivity contribution in [1.82, 2.24) is 15.2 Å². The highest BCUT2D eigenvalue weighted by Crippen LogP contribution is 2.24. The number of furan rings is 1. The number of nitrogens with zero attached hydrogens (tertiary/aromatic N) is 3. The Morgan fingerprint density at radius 2 is 1.90 bits per heavy atom. The topological polar surface area (TPSA) is 61.6 Å². The minimum absolute atomic E-state index is 0.204. The van der Waals surface area contributed by atoms with Gasteiger partial charge in [-0.1, -0.05) is 18.2 Å². The minimum atomic E-state index is -0.204. The van der Waals surface area contributed by atoms with Crippen molar-refractivity contribution in [2.24, 2.45) is 0 Å². The zero-order valence-corrected chi connectivity index (χ0v) is 17.6. The van der Waals surface area contributed by atoms with Crippen molar-refractivity contribution < 1.29 is 9.21 Å². The van der Waals surface area contributed by atoms with E-state index < -0.39 is 0 Å². The van der Waals surface area contributed by atoms with Gasteiger partial charge in [0.25, 0.3) is 5.91 Å². The van der Waals surface area contributed by atoms with Crippen molar-refractivity contribution in [3.63, 3.8) is 0 Å². The number of hydrogen-bond donors (Lipinski definition) is 1. The molecule has 30 heavy (non-hydrogen) atoms. The van der Waals surface area contributed by atoms with Crippen LogP contribution >= 0.6 is 0 Å². The molecule has 0 radical (unpaired) electrons. The maximum absolute atomic E-state index is 12.3. The number of pyridine rings is 1. The highest BCUT2D eigenvalue weighted by atomic mass is 16.4. The molecule has 3 heterocycles. The Labute approximate surface area is 177 Å². The van der Waals surface area contributed by atoms with Crippen molar-refractivity contribution in [1.29, 1.82) is 0 Å². The van der Waals surface area contributed by atoms with Gasteiger partial charge in [0.15, 0.2) is 5.76 Å². The molecule has 0 aliphatic carbocycles. The largest absolute Gasteiger partial charge is 0.455 e. The minimum Gasteiger partial charge on any atom is -0.455 e. The number of carbonyl (C=O) groups excluding carboxylic acids is 1. The summed E-state index contributed by atoms with van der Waals surface area (Å²) in [5, 5.41) is 2.87. The predicted octanol–water partition coefficient (Wildman–Crippen LogP) is 3.54. The van der Waals surface area contributed by atoms with Crippen molar-refractivity contribution in [2.45, 2.75) is 26.9 Å². The van der Waals surface area contributed by atoms with E-state index >= 15 is 0 Å². The molecule has 6 heteroatoms. The van der Waals surface area contributed by atoms with Gasteiger partial charge in [-0.2, -0.15) is 0 Å². The van der Waals surface area contributed by atoms with E-state index in [-0.39, 0.29) is 5.91 Å². The zero-order valence-electron chi connectivity index (χ0n) is 17.6. The fourth-order valence-electron chi connectivity index (χ4n) is 3.80. The Morgan fingerprint density at radius 1 is 1.07 bits per heavy atom. The van der Waals surface area contributed by atoms with Gasteiger partial charge in [-0.05, 0) is 54.8 Å². The number of nitrogens with one attached hydrogen (secondary N) is 1. The second-order valence-corrected chi connectivity index (χ2v) is 7.79. The lowest BCUT2D eigenvalue weighted by atomic mass is 10.1. The fraction of sp³-hybridized carbons (Fsp3) is 0.333. The van der Waals surface area contributed by atoms with Crippen LogP contribution in [0.25, 0.3) is 0 Å². The van der Waals surface area contributed by atoms with Crippen LogP contribution in [0.2, 0.25) is 0 Å². The smallest absolute Gasteiger partial charge is 0.287 e. The lowest BCUT2D eigenvalue weighted by molar-refractivity contribution is 0.0919. The lowest BCUT2D eigenvalue weighted by Crippen LogP contribution is -2.46. The SMILES string of the molecule is Cc1cccc(N2CCN(Cc3ccc(C(=O)NCc4cccnc4)o3)CC2)c1C. The molecule has 1 aliphatic rings. The van der Waals surface area contributed by atoms with Gasteiger partial charge in [0, 0.05) is 50.8 Å². The van der Waals surface area contributed by atoms with Crippen molar-refractivity contribution >= 4 is 11.6 Å². The van der Waals surface area contributed by atoms with E-state index in [1.807, 2.05) is 18.2 Å². The summed E-state index contributed by atoms with van der Waals surface area (Å²) >= 11 is 0. The van der Waals surface area contributed by atoms with Gasteiger partial charge in [-0.25, -0.2) is 0 Å². The summed E-state index contributed by atoms with van der Waals surface area (Å²) in [5.41, 5.74) is 4.98. The molecule has 4 rings (SSSR count). The van der Waals surface area contributed by atoms with Crippen molar-refractivity contribution in [3.8, 4) is 0 Å². The van der Waals surface area contributed by atoms with E-state index in [1.165, 1.54) is 16.8 Å². The van der Waals surface area contributed by atoms with Crippen molar-refractivity contribution in [2.75, 3.05) is 31.1 Å². The molecule has 6 nitrogen and oxygen atoms in total. The molecule has 0 spiro atoms. The number of anilines is 1. The first kappa shape index (κ1) is 20.2. The summed E-state index contributed by atoms with van der Waals surface area (Å²) in [6, 6.07) is 13.9. The highest BCUT2D eigenvalue weighted by Gasteiger charge is 2.20. The Hall–Kier alpha value is -3.12. The van der Waals surface area contributed by atoms with Gasteiger partial charge in [-0.15, -0.1) is 0 Å². The second kappa shape index (κ2) is 9.13. The second-order valence-electron chi connectivity index (χ2n) is 7.79. The Balaban J connectivity index is 1.28. The molecule has 0 atom stereocenters. The number of amides is 1. The summed E-state index contributed by atoms with van der Waals surface area (Å²) in [5.74, 6) is 0.967. The molecule has 1 fully saturated rings. The van der Waals surface area contributed by atoms with Crippen LogP contribution in [-0.2, 0) is 13.1 Å². The molecular formula is C24H28N4O2. The third-order valence-corrected chi connectivity index (χ3v) is 5.73. The van der Waals surface area contributed by atoms with Crippen LogP contribution in [0, 0.1) is 13.8 Å². The van der Waals surface area contributed by atoms with Gasteiger partial charge in [0.05, 0.1) is 6.54 Å². The van der Waals surface area contributed by atoms with E-state index in [4.69, 9.17) is 4.42 Å². The van der Waals surface area contributed by atoms with Crippen LogP contribution in [-0.4, -0.2) is 42.0 Å². The van der Waals surface area contributed by atoms with E-state index in [1.54, 1.807) is 18.5 Å². The summed E-state index contributed by atoms with van der Waals surface area (Å²) in [4.78, 5) is 21.2. The molecule has 1 N–H and O–H groups in total. The number of benzene rings is 1. The number of piperazine rings is 1. The molecule has 1 aromatic carbocycles. The molecule has 3 aromatic rings. The monoisotopic (exact) mass is 404 g/mol. The number of carbonyl (C=O) groups is 1. The molecule has 2 aromatic heterocycles. The third-order valence-electron chi connectivity index (χ3n) is 5.73. The van der Waals surface area contributed by atoms with Gasteiger partial charge in [0.1, 0.15) is 5.76 Å². The molecule has 1 saturated heterocycles. The van der Waals surface area contributed by atoms with E-state index in [2.05, 4.69) is 52.1 Å². The first-order chi connectivity index (χ1) is 14.6. The van der Waals surface area contributed by atoms with Crippen LogP contribution < -0.4 is 10.2 Å². The standard InChI is InChI=1S/C24H28N4O2/c1-18-5-3-7-22(19(18)2)28-13-11-27(12-14-28)17-21-8-9-23(30-21)24(29)26-16-20-6-4-10-25-15-20/h3-10,15H,11-14,16-17H2,1-2H3,(H,26,29). The molecule has 156 valence electrons. The fourth-order valence-corrected chi connectivity index (χ4v) is 3.80. The Morgan fingerprint density at radius 3 is 2.67 bits per heavy atom. The number of hydrogen-bond acceptors (Lipinski definition) is 5. The van der Waals surface area contributed by atoms with Gasteiger partial charge >= 0.3 is 0 Å². The predicted molar refractivity (Wildman–Crippen MR) is 118 cm³/mol. The summed E-state index contributed by atoms with van der Waals surface area (Å²) in [6.45, 7) is 9.43. The number of aryl methyl sites for hydroxylation is 1. The zero-order chi connectivity index (χ0) is 20.9. The van der Waals surface area contributed by atoms with Gasteiger partial charge in [0.2, 0.25) is 0 Å². The third kappa shape index (κ3) is 4.71. The maximum Gasteiger partial charge on any atom is 0.287 e. The molecule has 1 amide bonds. The molecule has 0 saturated carbocycles. The van der Waals surface area contributed by atoms with E-state index in [0.29, 0.717) is 12.3 Å². The van der Waals surface area contributed by atoms with Gasteiger partial charge < -0.3 is 14.6 Å². The first-order valence-corrected chi connectivity index (χ1v) is 10.4. The first-order valence-electron chi connectivity index (χ1n) is 10.4. The van der Waals surface area contributed by atoms with E-state index in [9.17, 15) is 4.79 Å². The van der Waals surface area contributed by atoms with Crippen molar-refractivity contribution in [3.05, 3.63) is 83.1 Å². The lowest BCUT2D eigenvalue weighted by Gasteiger charge is -2.36. The average molecular weight is 405 g/mol. The quantitative estimate of drug-likeness (QED) is 0.681. The summed E-state index contributed by atoms with van der Waals surface area (Å²) in [6.07, 6.45) is 3.46. The summed E-state index contributed by atoms with van der Waals surface area (Å²) in [7, 11) is 0. The number of aromatic nitrogens is 1. The molecule has 0 bridgehead atoms. The maximum atomic E-state index is 12.3. The van der Waals surface area contributed by atoms with Crippen LogP contribution in [0.3, 0.4) is 0 Å². The van der Waals surface area contributed by atoms with Crippen LogP contribution in [0.15, 0.2) is 59.3 Å². The highest BCUT2D eigenvalue weighted by molar-refractivity contribution is 5.91. The average Bonchev–Trinajstić information content (AvgIpc) is 3.24. The molecule has 1 aliphatic heterocycles. The van der Waals surface area contributed by atoms with Crippen LogP contribution in [0.4, 0.5) is 5.69 Å². The van der Waals surface area contributed by atoms with Crippen LogP contribution in [0.5, 0.6) is 0 Å². The Kier molecular flexibility index (Phi) is 6.14. The Bertz CT molecular complexity index is 991. The van der Waals surface area contributed by atoms with E-state index in [0.717, 1.165) is 44.0 Å². The summed E-state index contributed by atoms with van der Waals surface area (Å²) < 4.78 is 5.80.